The van der Waals surface area contributed by atoms with Crippen molar-refractivity contribution in [3.05, 3.63) is 48.0 Å². The molecule has 214 valence electrons. The maximum Gasteiger partial charge on any atom is 0.416 e. The van der Waals surface area contributed by atoms with Crippen LogP contribution in [0.15, 0.2) is 52.3 Å². The lowest BCUT2D eigenvalue weighted by Gasteiger charge is -2.35. The maximum absolute atomic E-state index is 13.4. The van der Waals surface area contributed by atoms with Crippen molar-refractivity contribution in [1.29, 1.82) is 0 Å². The zero-order valence-electron chi connectivity index (χ0n) is 22.7. The summed E-state index contributed by atoms with van der Waals surface area (Å²) in [5.74, 6) is -0.142. The van der Waals surface area contributed by atoms with Crippen molar-refractivity contribution >= 4 is 29.1 Å². The van der Waals surface area contributed by atoms with Crippen LogP contribution in [0.25, 0.3) is 0 Å². The number of piperidine rings is 1. The number of unbranched alkanes of at least 4 members (excludes halogenated alkanes) is 3. The van der Waals surface area contributed by atoms with Gasteiger partial charge >= 0.3 is 12.1 Å². The number of para-hydroxylation sites is 1. The summed E-state index contributed by atoms with van der Waals surface area (Å²) < 4.78 is 51.5. The Morgan fingerprint density at radius 1 is 0.949 bits per heavy atom. The maximum atomic E-state index is 13.4. The first-order valence-electron chi connectivity index (χ1n) is 14.1. The fraction of sp³-hybridized carbons (Fsp3) is 0.567. The smallest absolute Gasteiger partial charge is 0.416 e. The zero-order chi connectivity index (χ0) is 27.7. The van der Waals surface area contributed by atoms with E-state index in [0.717, 1.165) is 80.1 Å². The number of rotatable bonds is 13. The molecule has 5 nitrogen and oxygen atoms in total. The Kier molecular flexibility index (Phi) is 11.0. The molecule has 2 heterocycles. The summed E-state index contributed by atoms with van der Waals surface area (Å²) in [5, 5.41) is 0. The minimum Gasteiger partial charge on any atom is -0.463 e. The Hall–Kier alpha value is -2.23. The molecule has 0 N–H and O–H groups in total. The van der Waals surface area contributed by atoms with E-state index >= 15 is 0 Å². The number of benzene rings is 2. The molecule has 0 radical (unpaired) electrons. The quantitative estimate of drug-likeness (QED) is 0.184. The van der Waals surface area contributed by atoms with Crippen molar-refractivity contribution < 1.29 is 27.4 Å². The predicted molar refractivity (Wildman–Crippen MR) is 149 cm³/mol. The largest absolute Gasteiger partial charge is 0.463 e. The van der Waals surface area contributed by atoms with Crippen LogP contribution < -0.4 is 4.90 Å². The summed E-state index contributed by atoms with van der Waals surface area (Å²) in [6.45, 7) is 6.24. The van der Waals surface area contributed by atoms with Gasteiger partial charge in [-0.15, -0.1) is 0 Å². The number of alkyl halides is 3. The van der Waals surface area contributed by atoms with Crippen molar-refractivity contribution in [2.75, 3.05) is 44.3 Å². The van der Waals surface area contributed by atoms with Gasteiger partial charge in [-0.2, -0.15) is 13.2 Å². The van der Waals surface area contributed by atoms with Gasteiger partial charge in [0.2, 0.25) is 0 Å². The van der Waals surface area contributed by atoms with Gasteiger partial charge in [0.15, 0.2) is 0 Å². The summed E-state index contributed by atoms with van der Waals surface area (Å²) in [6, 6.07) is 11.9. The number of esters is 1. The minimum atomic E-state index is -4.37. The third-order valence-corrected chi connectivity index (χ3v) is 8.41. The molecule has 9 heteroatoms. The van der Waals surface area contributed by atoms with Gasteiger partial charge in [-0.1, -0.05) is 50.1 Å². The summed E-state index contributed by atoms with van der Waals surface area (Å²) in [6.07, 6.45) is 3.22. The molecule has 0 spiro atoms. The Balaban J connectivity index is 1.20. The molecule has 1 fully saturated rings. The highest BCUT2D eigenvalue weighted by atomic mass is 32.2. The van der Waals surface area contributed by atoms with Crippen molar-refractivity contribution in [3.8, 4) is 0 Å². The number of carbonyl (C=O) groups excluding carboxylic acids is 1. The van der Waals surface area contributed by atoms with Gasteiger partial charge in [0.05, 0.1) is 29.6 Å². The van der Waals surface area contributed by atoms with Gasteiger partial charge in [0.25, 0.3) is 0 Å². The van der Waals surface area contributed by atoms with Crippen LogP contribution in [0.5, 0.6) is 0 Å². The van der Waals surface area contributed by atoms with E-state index in [9.17, 15) is 18.0 Å². The molecule has 39 heavy (non-hydrogen) atoms. The number of fused-ring (bicyclic) bond motifs is 2. The first-order chi connectivity index (χ1) is 18.8. The molecule has 2 aliphatic rings. The second kappa shape index (κ2) is 14.4. The Labute approximate surface area is 234 Å². The molecule has 0 atom stereocenters. The Bertz CT molecular complexity index is 1070. The number of hydrogen-bond acceptors (Lipinski definition) is 6. The fourth-order valence-electron chi connectivity index (χ4n) is 5.14. The van der Waals surface area contributed by atoms with Crippen LogP contribution in [0.3, 0.4) is 0 Å². The molecule has 4 rings (SSSR count). The van der Waals surface area contributed by atoms with Gasteiger partial charge in [0.1, 0.15) is 6.61 Å². The van der Waals surface area contributed by atoms with Crippen LogP contribution in [-0.2, 0) is 20.4 Å². The van der Waals surface area contributed by atoms with Gasteiger partial charge in [-0.05, 0) is 62.6 Å². The molecule has 2 aliphatic heterocycles. The second-order valence-electron chi connectivity index (χ2n) is 10.2. The van der Waals surface area contributed by atoms with E-state index in [1.54, 1.807) is 6.07 Å². The van der Waals surface area contributed by atoms with Crippen LogP contribution in [0.1, 0.15) is 63.9 Å². The number of hydrogen-bond donors (Lipinski definition) is 0. The SMILES string of the molecule is CCCCCCC(=O)OCCOC1CCN(CCCN2c3ccccc3Sc3ccc(C(F)(F)F)cc32)CC1. The van der Waals surface area contributed by atoms with E-state index in [4.69, 9.17) is 9.47 Å². The first kappa shape index (κ1) is 29.7. The number of anilines is 2. The van der Waals surface area contributed by atoms with Crippen LogP contribution in [0.4, 0.5) is 24.5 Å². The first-order valence-corrected chi connectivity index (χ1v) is 14.9. The number of halogens is 3. The average molecular weight is 565 g/mol. The van der Waals surface area contributed by atoms with Gasteiger partial charge in [0, 0.05) is 35.8 Å². The number of nitrogens with zero attached hydrogens (tertiary/aromatic N) is 2. The monoisotopic (exact) mass is 564 g/mol. The lowest BCUT2D eigenvalue weighted by atomic mass is 10.1. The van der Waals surface area contributed by atoms with Crippen LogP contribution in [-0.4, -0.2) is 56.4 Å². The predicted octanol–water partition coefficient (Wildman–Crippen LogP) is 7.69. The summed E-state index contributed by atoms with van der Waals surface area (Å²) in [4.78, 5) is 18.1. The molecule has 2 aromatic rings. The molecular formula is C30H39F3N2O3S. The lowest BCUT2D eigenvalue weighted by Crippen LogP contribution is -2.38. The Morgan fingerprint density at radius 2 is 1.72 bits per heavy atom. The minimum absolute atomic E-state index is 0.142. The second-order valence-corrected chi connectivity index (χ2v) is 11.3. The third-order valence-electron chi connectivity index (χ3n) is 7.28. The van der Waals surface area contributed by atoms with Crippen LogP contribution in [0, 0.1) is 0 Å². The normalized spacial score (nSPS) is 16.2. The van der Waals surface area contributed by atoms with E-state index in [2.05, 4.69) is 11.8 Å². The number of carbonyl (C=O) groups is 1. The molecule has 0 bridgehead atoms. The van der Waals surface area contributed by atoms with Crippen molar-refractivity contribution in [2.24, 2.45) is 0 Å². The van der Waals surface area contributed by atoms with Gasteiger partial charge in [-0.3, -0.25) is 4.79 Å². The highest BCUT2D eigenvalue weighted by Gasteiger charge is 2.33. The average Bonchev–Trinajstić information content (AvgIpc) is 2.93. The van der Waals surface area contributed by atoms with E-state index in [1.165, 1.54) is 23.9 Å². The van der Waals surface area contributed by atoms with Crippen molar-refractivity contribution in [3.63, 3.8) is 0 Å². The summed E-state index contributed by atoms with van der Waals surface area (Å²) in [7, 11) is 0. The molecule has 0 saturated carbocycles. The van der Waals surface area contributed by atoms with Gasteiger partial charge in [-0.25, -0.2) is 0 Å². The molecule has 0 amide bonds. The highest BCUT2D eigenvalue weighted by Crippen LogP contribution is 2.49. The van der Waals surface area contributed by atoms with Gasteiger partial charge < -0.3 is 19.3 Å². The highest BCUT2D eigenvalue weighted by molar-refractivity contribution is 7.99. The van der Waals surface area contributed by atoms with E-state index in [1.807, 2.05) is 29.2 Å². The molecular weight excluding hydrogens is 525 g/mol. The lowest BCUT2D eigenvalue weighted by molar-refractivity contribution is -0.146. The summed E-state index contributed by atoms with van der Waals surface area (Å²) >= 11 is 1.52. The molecule has 2 aromatic carbocycles. The third kappa shape index (κ3) is 8.63. The molecule has 1 saturated heterocycles. The molecule has 0 aromatic heterocycles. The Morgan fingerprint density at radius 3 is 2.49 bits per heavy atom. The van der Waals surface area contributed by atoms with Crippen LogP contribution >= 0.6 is 11.8 Å². The van der Waals surface area contributed by atoms with Crippen molar-refractivity contribution in [1.82, 2.24) is 4.90 Å². The molecule has 0 unspecified atom stereocenters. The van der Waals surface area contributed by atoms with E-state index < -0.39 is 11.7 Å². The number of likely N-dealkylation sites (tertiary alicyclic amines) is 1. The topological polar surface area (TPSA) is 42.0 Å². The zero-order valence-corrected chi connectivity index (χ0v) is 23.5. The molecule has 0 aliphatic carbocycles. The van der Waals surface area contributed by atoms with E-state index in [-0.39, 0.29) is 12.1 Å². The standard InChI is InChI=1S/C30H39F3N2O3S/c1-2-3-4-5-11-29(36)38-21-20-37-24-14-18-34(19-15-24)16-8-17-35-25-9-6-7-10-27(25)39-28-13-12-23(22-26(28)35)30(31,32)33/h6-7,9-10,12-13,22,24H,2-5,8,11,14-21H2,1H3. The summed E-state index contributed by atoms with van der Waals surface area (Å²) in [5.41, 5.74) is 0.973. The van der Waals surface area contributed by atoms with Crippen LogP contribution in [0.2, 0.25) is 0 Å². The number of ether oxygens (including phenoxy) is 2. The fourth-order valence-corrected chi connectivity index (χ4v) is 6.21. The van der Waals surface area contributed by atoms with E-state index in [0.29, 0.717) is 31.9 Å². The van der Waals surface area contributed by atoms with Crippen molar-refractivity contribution in [2.45, 2.75) is 80.4 Å².